The minimum atomic E-state index is 0.308. The standard InChI is InChI=1S/C19H19ClN4/c20-18-11-5-10-16(23-18)13-6-1-4-9-17(13)24-19-14-7-2-3-8-15(14)21-12-22-19/h2-3,5,7-8,10-13,17H,1,4,6,9H2,(H,21,22,24). The molecule has 4 nitrogen and oxygen atoms in total. The van der Waals surface area contributed by atoms with Crippen LogP contribution in [0.3, 0.4) is 0 Å². The second-order valence-electron chi connectivity index (χ2n) is 6.27. The third-order valence-corrected chi connectivity index (χ3v) is 4.96. The first-order valence-corrected chi connectivity index (χ1v) is 8.78. The zero-order valence-electron chi connectivity index (χ0n) is 13.3. The summed E-state index contributed by atoms with van der Waals surface area (Å²) in [6, 6.07) is 14.3. The van der Waals surface area contributed by atoms with E-state index in [-0.39, 0.29) is 0 Å². The van der Waals surface area contributed by atoms with E-state index in [1.54, 1.807) is 6.33 Å². The molecule has 3 aromatic rings. The van der Waals surface area contributed by atoms with Gasteiger partial charge in [-0.3, -0.25) is 0 Å². The van der Waals surface area contributed by atoms with Gasteiger partial charge < -0.3 is 5.32 Å². The topological polar surface area (TPSA) is 50.7 Å². The van der Waals surface area contributed by atoms with Crippen molar-refractivity contribution in [2.75, 3.05) is 5.32 Å². The molecule has 1 aliphatic rings. The molecule has 0 spiro atoms. The fourth-order valence-corrected chi connectivity index (χ4v) is 3.75. The van der Waals surface area contributed by atoms with Crippen LogP contribution in [0.1, 0.15) is 37.3 Å². The summed E-state index contributed by atoms with van der Waals surface area (Å²) in [4.78, 5) is 13.4. The first-order valence-electron chi connectivity index (χ1n) is 8.40. The van der Waals surface area contributed by atoms with E-state index in [0.717, 1.165) is 35.3 Å². The van der Waals surface area contributed by atoms with Gasteiger partial charge in [-0.1, -0.05) is 42.6 Å². The van der Waals surface area contributed by atoms with Crippen LogP contribution in [0.25, 0.3) is 10.9 Å². The van der Waals surface area contributed by atoms with Crippen LogP contribution in [-0.4, -0.2) is 21.0 Å². The number of nitrogens with one attached hydrogen (secondary N) is 1. The summed E-state index contributed by atoms with van der Waals surface area (Å²) in [6.45, 7) is 0. The van der Waals surface area contributed by atoms with Gasteiger partial charge >= 0.3 is 0 Å². The van der Waals surface area contributed by atoms with Crippen molar-refractivity contribution in [1.29, 1.82) is 0 Å². The lowest BCUT2D eigenvalue weighted by Crippen LogP contribution is -2.31. The van der Waals surface area contributed by atoms with Gasteiger partial charge in [-0.25, -0.2) is 15.0 Å². The highest BCUT2D eigenvalue weighted by Crippen LogP contribution is 2.35. The number of pyridine rings is 1. The number of hydrogen-bond donors (Lipinski definition) is 1. The Morgan fingerprint density at radius 3 is 2.75 bits per heavy atom. The number of halogens is 1. The van der Waals surface area contributed by atoms with Crippen molar-refractivity contribution in [1.82, 2.24) is 15.0 Å². The van der Waals surface area contributed by atoms with E-state index in [1.165, 1.54) is 12.8 Å². The third kappa shape index (κ3) is 3.06. The van der Waals surface area contributed by atoms with Gasteiger partial charge in [-0.15, -0.1) is 0 Å². The smallest absolute Gasteiger partial charge is 0.137 e. The zero-order valence-corrected chi connectivity index (χ0v) is 14.1. The molecule has 1 N–H and O–H groups in total. The second-order valence-corrected chi connectivity index (χ2v) is 6.65. The average molecular weight is 339 g/mol. The van der Waals surface area contributed by atoms with E-state index in [9.17, 15) is 0 Å². The summed E-state index contributed by atoms with van der Waals surface area (Å²) in [5.74, 6) is 1.26. The highest BCUT2D eigenvalue weighted by atomic mass is 35.5. The Labute approximate surface area is 146 Å². The molecule has 1 fully saturated rings. The largest absolute Gasteiger partial charge is 0.366 e. The fourth-order valence-electron chi connectivity index (χ4n) is 3.58. The number of nitrogens with zero attached hydrogens (tertiary/aromatic N) is 3. The minimum absolute atomic E-state index is 0.308. The molecule has 0 amide bonds. The lowest BCUT2D eigenvalue weighted by atomic mass is 9.82. The molecule has 2 aromatic heterocycles. The molecule has 24 heavy (non-hydrogen) atoms. The summed E-state index contributed by atoms with van der Waals surface area (Å²) in [5, 5.41) is 5.28. The Morgan fingerprint density at radius 1 is 0.958 bits per heavy atom. The van der Waals surface area contributed by atoms with Crippen LogP contribution in [0, 0.1) is 0 Å². The van der Waals surface area contributed by atoms with Crippen molar-refractivity contribution >= 4 is 28.3 Å². The van der Waals surface area contributed by atoms with Crippen molar-refractivity contribution in [3.8, 4) is 0 Å². The Balaban J connectivity index is 1.66. The first-order chi connectivity index (χ1) is 11.8. The van der Waals surface area contributed by atoms with Crippen LogP contribution >= 0.6 is 11.6 Å². The Morgan fingerprint density at radius 2 is 1.83 bits per heavy atom. The van der Waals surface area contributed by atoms with Crippen molar-refractivity contribution < 1.29 is 0 Å². The van der Waals surface area contributed by atoms with Crippen molar-refractivity contribution in [2.24, 2.45) is 0 Å². The lowest BCUT2D eigenvalue weighted by Gasteiger charge is -2.32. The molecule has 0 saturated heterocycles. The van der Waals surface area contributed by atoms with E-state index in [0.29, 0.717) is 17.1 Å². The Kier molecular flexibility index (Phi) is 4.30. The maximum atomic E-state index is 6.10. The molecule has 2 atom stereocenters. The molecule has 2 heterocycles. The van der Waals surface area contributed by atoms with Gasteiger partial charge in [-0.05, 0) is 37.1 Å². The number of para-hydroxylation sites is 1. The van der Waals surface area contributed by atoms with Crippen molar-refractivity contribution in [3.05, 3.63) is 59.6 Å². The normalized spacial score (nSPS) is 20.9. The average Bonchev–Trinajstić information content (AvgIpc) is 2.62. The number of hydrogen-bond acceptors (Lipinski definition) is 4. The Bertz CT molecular complexity index is 846. The number of aromatic nitrogens is 3. The van der Waals surface area contributed by atoms with Crippen LogP contribution in [0.4, 0.5) is 5.82 Å². The summed E-state index contributed by atoms with van der Waals surface area (Å²) in [5.41, 5.74) is 2.03. The highest BCUT2D eigenvalue weighted by molar-refractivity contribution is 6.29. The maximum absolute atomic E-state index is 6.10. The number of anilines is 1. The second kappa shape index (κ2) is 6.73. The van der Waals surface area contributed by atoms with Crippen LogP contribution in [0.15, 0.2) is 48.8 Å². The van der Waals surface area contributed by atoms with E-state index in [1.807, 2.05) is 30.3 Å². The van der Waals surface area contributed by atoms with E-state index >= 15 is 0 Å². The molecule has 0 aliphatic heterocycles. The van der Waals surface area contributed by atoms with Crippen LogP contribution in [-0.2, 0) is 0 Å². The monoisotopic (exact) mass is 338 g/mol. The summed E-state index contributed by atoms with van der Waals surface area (Å²) in [6.07, 6.45) is 6.30. The minimum Gasteiger partial charge on any atom is -0.366 e. The highest BCUT2D eigenvalue weighted by Gasteiger charge is 2.28. The SMILES string of the molecule is Clc1cccc(C2CCCCC2Nc2ncnc3ccccc23)n1. The fraction of sp³-hybridized carbons (Fsp3) is 0.316. The first kappa shape index (κ1) is 15.3. The molecular formula is C19H19ClN4. The van der Waals surface area contributed by atoms with Crippen LogP contribution in [0.5, 0.6) is 0 Å². The van der Waals surface area contributed by atoms with E-state index in [2.05, 4.69) is 32.4 Å². The summed E-state index contributed by atoms with van der Waals surface area (Å²) in [7, 11) is 0. The maximum Gasteiger partial charge on any atom is 0.137 e. The number of fused-ring (bicyclic) bond motifs is 1. The predicted octanol–water partition coefficient (Wildman–Crippen LogP) is 4.82. The molecule has 122 valence electrons. The van der Waals surface area contributed by atoms with E-state index < -0.39 is 0 Å². The molecule has 1 aromatic carbocycles. The molecule has 2 unspecified atom stereocenters. The van der Waals surface area contributed by atoms with E-state index in [4.69, 9.17) is 11.6 Å². The van der Waals surface area contributed by atoms with Gasteiger partial charge in [0, 0.05) is 23.0 Å². The van der Waals surface area contributed by atoms with Gasteiger partial charge in [0.2, 0.25) is 0 Å². The van der Waals surface area contributed by atoms with Gasteiger partial charge in [0.1, 0.15) is 17.3 Å². The van der Waals surface area contributed by atoms with Crippen LogP contribution in [0.2, 0.25) is 5.15 Å². The number of rotatable bonds is 3. The third-order valence-electron chi connectivity index (χ3n) is 4.75. The molecule has 4 rings (SSSR count). The zero-order chi connectivity index (χ0) is 16.4. The lowest BCUT2D eigenvalue weighted by molar-refractivity contribution is 0.398. The quantitative estimate of drug-likeness (QED) is 0.696. The Hall–Kier alpha value is -2.20. The van der Waals surface area contributed by atoms with Crippen molar-refractivity contribution in [2.45, 2.75) is 37.6 Å². The molecular weight excluding hydrogens is 320 g/mol. The predicted molar refractivity (Wildman–Crippen MR) is 97.4 cm³/mol. The van der Waals surface area contributed by atoms with Gasteiger partial charge in [0.25, 0.3) is 0 Å². The van der Waals surface area contributed by atoms with Gasteiger partial charge in [0.15, 0.2) is 0 Å². The molecule has 0 bridgehead atoms. The molecule has 1 saturated carbocycles. The molecule has 0 radical (unpaired) electrons. The summed E-state index contributed by atoms with van der Waals surface area (Å²) >= 11 is 6.10. The van der Waals surface area contributed by atoms with Gasteiger partial charge in [0.05, 0.1) is 5.52 Å². The summed E-state index contributed by atoms with van der Waals surface area (Å²) < 4.78 is 0. The van der Waals surface area contributed by atoms with Crippen molar-refractivity contribution in [3.63, 3.8) is 0 Å². The molecule has 1 aliphatic carbocycles. The van der Waals surface area contributed by atoms with Gasteiger partial charge in [-0.2, -0.15) is 0 Å². The number of benzene rings is 1. The van der Waals surface area contributed by atoms with Crippen LogP contribution < -0.4 is 5.32 Å². The molecule has 5 heteroatoms.